The Morgan fingerprint density at radius 1 is 1.48 bits per heavy atom. The third-order valence-electron chi connectivity index (χ3n) is 3.38. The molecule has 1 heterocycles. The lowest BCUT2D eigenvalue weighted by molar-refractivity contribution is -0.119. The van der Waals surface area contributed by atoms with Gasteiger partial charge >= 0.3 is 0 Å². The van der Waals surface area contributed by atoms with Gasteiger partial charge in [-0.2, -0.15) is 0 Å². The van der Waals surface area contributed by atoms with Crippen LogP contribution in [-0.4, -0.2) is 22.6 Å². The van der Waals surface area contributed by atoms with E-state index in [9.17, 15) is 4.79 Å². The summed E-state index contributed by atoms with van der Waals surface area (Å²) in [5.74, 6) is 0.424. The predicted octanol–water partition coefficient (Wildman–Crippen LogP) is 2.36. The summed E-state index contributed by atoms with van der Waals surface area (Å²) < 4.78 is 5.16. The standard InChI is InChI=1S/C15H20N4O2/c1-10(4-3-7-16)14(20)18-13-6-5-12(8-11(13)2)15-19-17-9-21-15/h5-6,8-10H,3-4,7,16H2,1-2H3,(H,18,20). The molecule has 1 aromatic carbocycles. The summed E-state index contributed by atoms with van der Waals surface area (Å²) >= 11 is 0. The van der Waals surface area contributed by atoms with E-state index in [1.54, 1.807) is 0 Å². The Morgan fingerprint density at radius 3 is 2.90 bits per heavy atom. The van der Waals surface area contributed by atoms with Crippen LogP contribution in [0, 0.1) is 12.8 Å². The first-order valence-corrected chi connectivity index (χ1v) is 7.00. The van der Waals surface area contributed by atoms with Gasteiger partial charge in [-0.3, -0.25) is 4.79 Å². The highest BCUT2D eigenvalue weighted by Crippen LogP contribution is 2.23. The molecule has 0 saturated carbocycles. The molecule has 1 amide bonds. The lowest BCUT2D eigenvalue weighted by Crippen LogP contribution is -2.21. The summed E-state index contributed by atoms with van der Waals surface area (Å²) in [4.78, 5) is 12.1. The Hall–Kier alpha value is -2.21. The molecule has 1 aromatic heterocycles. The Labute approximate surface area is 123 Å². The van der Waals surface area contributed by atoms with Gasteiger partial charge in [0.15, 0.2) is 0 Å². The van der Waals surface area contributed by atoms with Gasteiger partial charge in [0.25, 0.3) is 0 Å². The Bertz CT molecular complexity index is 596. The summed E-state index contributed by atoms with van der Waals surface area (Å²) in [7, 11) is 0. The second-order valence-electron chi connectivity index (χ2n) is 5.09. The molecule has 112 valence electrons. The number of rotatable bonds is 6. The maximum Gasteiger partial charge on any atom is 0.247 e. The number of hydrogen-bond acceptors (Lipinski definition) is 5. The van der Waals surface area contributed by atoms with E-state index in [0.717, 1.165) is 29.7 Å². The highest BCUT2D eigenvalue weighted by atomic mass is 16.4. The molecular formula is C15H20N4O2. The molecule has 0 fully saturated rings. The quantitative estimate of drug-likeness (QED) is 0.851. The molecule has 6 heteroatoms. The first-order valence-electron chi connectivity index (χ1n) is 7.00. The normalized spacial score (nSPS) is 12.1. The summed E-state index contributed by atoms with van der Waals surface area (Å²) in [5, 5.41) is 10.5. The maximum atomic E-state index is 12.1. The van der Waals surface area contributed by atoms with Gasteiger partial charge in [0.1, 0.15) is 0 Å². The smallest absolute Gasteiger partial charge is 0.247 e. The summed E-state index contributed by atoms with van der Waals surface area (Å²) in [5.41, 5.74) is 8.04. The molecule has 2 rings (SSSR count). The van der Waals surface area contributed by atoms with Crippen molar-refractivity contribution in [1.29, 1.82) is 0 Å². The van der Waals surface area contributed by atoms with Gasteiger partial charge in [0.05, 0.1) is 0 Å². The number of nitrogens with two attached hydrogens (primary N) is 1. The number of aromatic nitrogens is 2. The van der Waals surface area contributed by atoms with E-state index in [2.05, 4.69) is 15.5 Å². The van der Waals surface area contributed by atoms with Crippen LogP contribution in [0.4, 0.5) is 5.69 Å². The van der Waals surface area contributed by atoms with Gasteiger partial charge in [-0.1, -0.05) is 6.92 Å². The monoisotopic (exact) mass is 288 g/mol. The van der Waals surface area contributed by atoms with Crippen molar-refractivity contribution in [3.05, 3.63) is 30.2 Å². The van der Waals surface area contributed by atoms with Gasteiger partial charge in [-0.25, -0.2) is 0 Å². The van der Waals surface area contributed by atoms with Crippen LogP contribution >= 0.6 is 0 Å². The molecule has 2 aromatic rings. The molecule has 6 nitrogen and oxygen atoms in total. The van der Waals surface area contributed by atoms with Crippen molar-refractivity contribution in [2.24, 2.45) is 11.7 Å². The van der Waals surface area contributed by atoms with Crippen LogP contribution in [0.15, 0.2) is 29.0 Å². The molecule has 1 atom stereocenters. The molecule has 0 radical (unpaired) electrons. The molecule has 0 aliphatic heterocycles. The zero-order valence-electron chi connectivity index (χ0n) is 12.3. The largest absolute Gasteiger partial charge is 0.423 e. The number of nitrogens with one attached hydrogen (secondary N) is 1. The van der Waals surface area contributed by atoms with Gasteiger partial charge < -0.3 is 15.5 Å². The Balaban J connectivity index is 2.06. The molecule has 0 aliphatic carbocycles. The zero-order chi connectivity index (χ0) is 15.2. The summed E-state index contributed by atoms with van der Waals surface area (Å²) in [6.45, 7) is 4.45. The molecule has 21 heavy (non-hydrogen) atoms. The van der Waals surface area contributed by atoms with Crippen LogP contribution in [0.3, 0.4) is 0 Å². The van der Waals surface area contributed by atoms with Crippen molar-refractivity contribution in [3.8, 4) is 11.5 Å². The first-order chi connectivity index (χ1) is 10.1. The zero-order valence-corrected chi connectivity index (χ0v) is 12.3. The number of benzene rings is 1. The average molecular weight is 288 g/mol. The van der Waals surface area contributed by atoms with Crippen LogP contribution in [0.25, 0.3) is 11.5 Å². The number of nitrogens with zero attached hydrogens (tertiary/aromatic N) is 2. The fraction of sp³-hybridized carbons (Fsp3) is 0.400. The third-order valence-corrected chi connectivity index (χ3v) is 3.38. The topological polar surface area (TPSA) is 94.0 Å². The van der Waals surface area contributed by atoms with Crippen molar-refractivity contribution in [1.82, 2.24) is 10.2 Å². The average Bonchev–Trinajstić information content (AvgIpc) is 3.00. The van der Waals surface area contributed by atoms with Crippen molar-refractivity contribution in [3.63, 3.8) is 0 Å². The van der Waals surface area contributed by atoms with Gasteiger partial charge in [-0.15, -0.1) is 10.2 Å². The number of carbonyl (C=O) groups excluding carboxylic acids is 1. The second-order valence-corrected chi connectivity index (χ2v) is 5.09. The lowest BCUT2D eigenvalue weighted by atomic mass is 10.0. The number of aryl methyl sites for hydroxylation is 1. The fourth-order valence-electron chi connectivity index (χ4n) is 2.05. The van der Waals surface area contributed by atoms with Gasteiger partial charge in [0, 0.05) is 17.2 Å². The molecule has 3 N–H and O–H groups in total. The second kappa shape index (κ2) is 6.99. The van der Waals surface area contributed by atoms with E-state index in [1.165, 1.54) is 6.39 Å². The van der Waals surface area contributed by atoms with Crippen LogP contribution in [0.5, 0.6) is 0 Å². The molecule has 1 unspecified atom stereocenters. The minimum Gasteiger partial charge on any atom is -0.423 e. The molecule has 0 spiro atoms. The van der Waals surface area contributed by atoms with Crippen LogP contribution < -0.4 is 11.1 Å². The van der Waals surface area contributed by atoms with E-state index >= 15 is 0 Å². The third kappa shape index (κ3) is 3.88. The molecule has 0 bridgehead atoms. The van der Waals surface area contributed by atoms with Crippen molar-refractivity contribution in [2.75, 3.05) is 11.9 Å². The predicted molar refractivity (Wildman–Crippen MR) is 80.6 cm³/mol. The van der Waals surface area contributed by atoms with E-state index in [4.69, 9.17) is 10.2 Å². The number of anilines is 1. The number of hydrogen-bond donors (Lipinski definition) is 2. The molecule has 0 aliphatic rings. The summed E-state index contributed by atoms with van der Waals surface area (Å²) in [6.07, 6.45) is 2.94. The number of amides is 1. The van der Waals surface area contributed by atoms with E-state index in [1.807, 2.05) is 32.0 Å². The fourth-order valence-corrected chi connectivity index (χ4v) is 2.05. The highest BCUT2D eigenvalue weighted by Gasteiger charge is 2.14. The van der Waals surface area contributed by atoms with E-state index < -0.39 is 0 Å². The first kappa shape index (κ1) is 15.2. The van der Waals surface area contributed by atoms with Crippen LogP contribution in [0.1, 0.15) is 25.3 Å². The highest BCUT2D eigenvalue weighted by molar-refractivity contribution is 5.93. The SMILES string of the molecule is Cc1cc(-c2nnco2)ccc1NC(=O)C(C)CCCN. The van der Waals surface area contributed by atoms with Crippen LogP contribution in [-0.2, 0) is 4.79 Å². The maximum absolute atomic E-state index is 12.1. The summed E-state index contributed by atoms with van der Waals surface area (Å²) in [6, 6.07) is 5.61. The van der Waals surface area contributed by atoms with Crippen LogP contribution in [0.2, 0.25) is 0 Å². The van der Waals surface area contributed by atoms with Crippen molar-refractivity contribution >= 4 is 11.6 Å². The van der Waals surface area contributed by atoms with Crippen molar-refractivity contribution in [2.45, 2.75) is 26.7 Å². The van der Waals surface area contributed by atoms with E-state index in [-0.39, 0.29) is 11.8 Å². The number of carbonyl (C=O) groups is 1. The minimum atomic E-state index is -0.0523. The lowest BCUT2D eigenvalue weighted by Gasteiger charge is -2.13. The Morgan fingerprint density at radius 2 is 2.29 bits per heavy atom. The van der Waals surface area contributed by atoms with E-state index in [0.29, 0.717) is 12.4 Å². The molecule has 0 saturated heterocycles. The molecular weight excluding hydrogens is 268 g/mol. The minimum absolute atomic E-state index is 0.0112. The Kier molecular flexibility index (Phi) is 5.05. The van der Waals surface area contributed by atoms with Crippen molar-refractivity contribution < 1.29 is 9.21 Å². The van der Waals surface area contributed by atoms with Gasteiger partial charge in [-0.05, 0) is 50.1 Å². The van der Waals surface area contributed by atoms with Gasteiger partial charge in [0.2, 0.25) is 18.2 Å².